The van der Waals surface area contributed by atoms with E-state index in [1.165, 1.54) is 18.3 Å². The van der Waals surface area contributed by atoms with Crippen LogP contribution in [0, 0.1) is 5.82 Å². The van der Waals surface area contributed by atoms with Crippen LogP contribution in [0.25, 0.3) is 0 Å². The second kappa shape index (κ2) is 5.58. The van der Waals surface area contributed by atoms with Crippen LogP contribution in [0.5, 0.6) is 0 Å². The van der Waals surface area contributed by atoms with Gasteiger partial charge in [0.15, 0.2) is 0 Å². The van der Waals surface area contributed by atoms with Gasteiger partial charge in [-0.15, -0.1) is 0 Å². The molecule has 0 aliphatic rings. The number of aromatic nitrogens is 2. The van der Waals surface area contributed by atoms with E-state index in [0.29, 0.717) is 0 Å². The number of halogens is 1. The molecule has 1 aromatic heterocycles. The predicted molar refractivity (Wildman–Crippen MR) is 64.9 cm³/mol. The van der Waals surface area contributed by atoms with Crippen LogP contribution in [0.15, 0.2) is 34.0 Å². The monoisotopic (exact) mass is 264 g/mol. The molecule has 2 amide bonds. The fourth-order valence-electron chi connectivity index (χ4n) is 1.16. The van der Waals surface area contributed by atoms with Gasteiger partial charge in [-0.1, -0.05) is 18.2 Å². The number of urea groups is 1. The first-order valence-electron chi connectivity index (χ1n) is 5.09. The maximum absolute atomic E-state index is 13.2. The molecule has 0 spiro atoms. The Morgan fingerprint density at radius 3 is 2.89 bits per heavy atom. The molecule has 0 unspecified atom stereocenters. The van der Waals surface area contributed by atoms with Crippen molar-refractivity contribution < 1.29 is 13.8 Å². The standard InChI is InChI=1S/C10H9FN6O2/c11-7-4-2-1-3-6(7)5-13-15-10(18)14-9-8(12)16-19-17-9/h1-5H,(H2,12,16)(H2,14,15,17,18)/b13-5+. The lowest BCUT2D eigenvalue weighted by Gasteiger charge is -1.99. The van der Waals surface area contributed by atoms with Gasteiger partial charge < -0.3 is 5.73 Å². The Labute approximate surface area is 106 Å². The van der Waals surface area contributed by atoms with Crippen LogP contribution < -0.4 is 16.5 Å². The molecule has 1 aromatic carbocycles. The van der Waals surface area contributed by atoms with Crippen molar-refractivity contribution in [3.8, 4) is 0 Å². The van der Waals surface area contributed by atoms with Crippen molar-refractivity contribution in [2.24, 2.45) is 5.10 Å². The molecule has 2 rings (SSSR count). The second-order valence-corrected chi connectivity index (χ2v) is 3.34. The van der Waals surface area contributed by atoms with Gasteiger partial charge in [0.25, 0.3) is 0 Å². The molecule has 0 saturated carbocycles. The smallest absolute Gasteiger partial charge is 0.340 e. The van der Waals surface area contributed by atoms with Crippen LogP contribution in [0.3, 0.4) is 0 Å². The minimum atomic E-state index is -0.713. The zero-order valence-electron chi connectivity index (χ0n) is 9.50. The Kier molecular flexibility index (Phi) is 3.67. The highest BCUT2D eigenvalue weighted by molar-refractivity contribution is 5.91. The summed E-state index contributed by atoms with van der Waals surface area (Å²) >= 11 is 0. The van der Waals surface area contributed by atoms with Crippen molar-refractivity contribution in [3.63, 3.8) is 0 Å². The van der Waals surface area contributed by atoms with Gasteiger partial charge in [-0.3, -0.25) is 5.32 Å². The van der Waals surface area contributed by atoms with Crippen molar-refractivity contribution in [1.82, 2.24) is 15.7 Å². The molecule has 2 aromatic rings. The predicted octanol–water partition coefficient (Wildman–Crippen LogP) is 0.946. The average molecular weight is 264 g/mol. The number of nitrogen functional groups attached to an aromatic ring is 1. The highest BCUT2D eigenvalue weighted by Crippen LogP contribution is 2.09. The number of hydrogen-bond donors (Lipinski definition) is 3. The number of rotatable bonds is 3. The van der Waals surface area contributed by atoms with Gasteiger partial charge in [0.2, 0.25) is 11.6 Å². The van der Waals surface area contributed by atoms with Crippen LogP contribution in [-0.4, -0.2) is 22.6 Å². The highest BCUT2D eigenvalue weighted by atomic mass is 19.1. The number of benzene rings is 1. The van der Waals surface area contributed by atoms with E-state index in [0.717, 1.165) is 0 Å². The van der Waals surface area contributed by atoms with E-state index in [1.54, 1.807) is 12.1 Å². The molecule has 9 heteroatoms. The Morgan fingerprint density at radius 2 is 2.21 bits per heavy atom. The first kappa shape index (κ1) is 12.5. The third kappa shape index (κ3) is 3.25. The van der Waals surface area contributed by atoms with E-state index in [4.69, 9.17) is 5.73 Å². The van der Waals surface area contributed by atoms with Crippen molar-refractivity contribution >= 4 is 23.9 Å². The molecule has 8 nitrogen and oxygen atoms in total. The quantitative estimate of drug-likeness (QED) is 0.563. The normalized spacial score (nSPS) is 10.6. The molecular weight excluding hydrogens is 255 g/mol. The molecule has 98 valence electrons. The Bertz CT molecular complexity index is 612. The summed E-state index contributed by atoms with van der Waals surface area (Å²) < 4.78 is 17.5. The lowest BCUT2D eigenvalue weighted by molar-refractivity contribution is 0.252. The molecule has 0 atom stereocenters. The Hall–Kier alpha value is -2.97. The van der Waals surface area contributed by atoms with E-state index in [9.17, 15) is 9.18 Å². The number of carbonyl (C=O) groups excluding carboxylic acids is 1. The molecule has 19 heavy (non-hydrogen) atoms. The molecule has 0 fully saturated rings. The van der Waals surface area contributed by atoms with Crippen LogP contribution in [0.1, 0.15) is 5.56 Å². The topological polar surface area (TPSA) is 118 Å². The van der Waals surface area contributed by atoms with Crippen molar-refractivity contribution in [1.29, 1.82) is 0 Å². The minimum Gasteiger partial charge on any atom is -0.378 e. The summed E-state index contributed by atoms with van der Waals surface area (Å²) in [5.74, 6) is -0.537. The summed E-state index contributed by atoms with van der Waals surface area (Å²) in [6.45, 7) is 0. The highest BCUT2D eigenvalue weighted by Gasteiger charge is 2.08. The number of amides is 2. The largest absolute Gasteiger partial charge is 0.378 e. The summed E-state index contributed by atoms with van der Waals surface area (Å²) in [6.07, 6.45) is 1.17. The summed E-state index contributed by atoms with van der Waals surface area (Å²) in [7, 11) is 0. The van der Waals surface area contributed by atoms with Gasteiger partial charge >= 0.3 is 6.03 Å². The maximum Gasteiger partial charge on any atom is 0.340 e. The summed E-state index contributed by atoms with van der Waals surface area (Å²) in [5.41, 5.74) is 7.68. The number of nitrogens with one attached hydrogen (secondary N) is 2. The van der Waals surface area contributed by atoms with Gasteiger partial charge in [-0.05, 0) is 16.4 Å². The van der Waals surface area contributed by atoms with Crippen LogP contribution in [0.4, 0.5) is 20.8 Å². The zero-order valence-corrected chi connectivity index (χ0v) is 9.50. The fourth-order valence-corrected chi connectivity index (χ4v) is 1.16. The second-order valence-electron chi connectivity index (χ2n) is 3.34. The van der Waals surface area contributed by atoms with Gasteiger partial charge in [0, 0.05) is 5.56 Å². The lowest BCUT2D eigenvalue weighted by Crippen LogP contribution is -2.24. The van der Waals surface area contributed by atoms with Crippen LogP contribution in [0.2, 0.25) is 0 Å². The van der Waals surface area contributed by atoms with E-state index in [1.807, 2.05) is 0 Å². The molecule has 4 N–H and O–H groups in total. The molecule has 0 radical (unpaired) electrons. The molecular formula is C10H9FN6O2. The van der Waals surface area contributed by atoms with Gasteiger partial charge in [-0.25, -0.2) is 19.2 Å². The Balaban J connectivity index is 1.91. The average Bonchev–Trinajstić information content (AvgIpc) is 2.77. The summed E-state index contributed by atoms with van der Waals surface area (Å²) in [5, 5.41) is 12.4. The number of nitrogens with zero attached hydrogens (tertiary/aromatic N) is 3. The third-order valence-corrected chi connectivity index (χ3v) is 2.02. The number of carbonyl (C=O) groups is 1. The minimum absolute atomic E-state index is 0.0291. The van der Waals surface area contributed by atoms with Gasteiger partial charge in [0.05, 0.1) is 6.21 Å². The lowest BCUT2D eigenvalue weighted by atomic mass is 10.2. The summed E-state index contributed by atoms with van der Waals surface area (Å²) in [6, 6.07) is 5.27. The SMILES string of the molecule is Nc1nonc1NC(=O)N/N=C/c1ccccc1F. The fraction of sp³-hybridized carbons (Fsp3) is 0. The first-order chi connectivity index (χ1) is 9.16. The van der Waals surface area contributed by atoms with E-state index < -0.39 is 11.8 Å². The maximum atomic E-state index is 13.2. The Morgan fingerprint density at radius 1 is 1.42 bits per heavy atom. The van der Waals surface area contributed by atoms with E-state index in [2.05, 4.69) is 30.8 Å². The number of hydrazone groups is 1. The van der Waals surface area contributed by atoms with Gasteiger partial charge in [-0.2, -0.15) is 5.10 Å². The molecule has 0 saturated heterocycles. The molecule has 1 heterocycles. The third-order valence-electron chi connectivity index (χ3n) is 2.02. The van der Waals surface area contributed by atoms with Crippen molar-refractivity contribution in [2.75, 3.05) is 11.1 Å². The summed E-state index contributed by atoms with van der Waals surface area (Å²) in [4.78, 5) is 11.3. The van der Waals surface area contributed by atoms with Crippen LogP contribution >= 0.6 is 0 Å². The van der Waals surface area contributed by atoms with E-state index in [-0.39, 0.29) is 17.2 Å². The van der Waals surface area contributed by atoms with Crippen molar-refractivity contribution in [2.45, 2.75) is 0 Å². The molecule has 0 bridgehead atoms. The van der Waals surface area contributed by atoms with E-state index >= 15 is 0 Å². The zero-order chi connectivity index (χ0) is 13.7. The molecule has 0 aliphatic heterocycles. The molecule has 0 aliphatic carbocycles. The number of anilines is 2. The van der Waals surface area contributed by atoms with Gasteiger partial charge in [0.1, 0.15) is 5.82 Å². The number of nitrogens with two attached hydrogens (primary N) is 1. The number of hydrogen-bond acceptors (Lipinski definition) is 6. The van der Waals surface area contributed by atoms with Crippen molar-refractivity contribution in [3.05, 3.63) is 35.6 Å². The first-order valence-corrected chi connectivity index (χ1v) is 5.09. The van der Waals surface area contributed by atoms with Crippen LogP contribution in [-0.2, 0) is 0 Å².